The van der Waals surface area contributed by atoms with Crippen molar-refractivity contribution in [2.75, 3.05) is 31.1 Å². The molecule has 0 heterocycles. The van der Waals surface area contributed by atoms with Gasteiger partial charge in [-0.05, 0) is 38.4 Å². The Morgan fingerprint density at radius 1 is 1.26 bits per heavy atom. The molecule has 1 unspecified atom stereocenters. The molecule has 0 bridgehead atoms. The fourth-order valence-corrected chi connectivity index (χ4v) is 3.25. The van der Waals surface area contributed by atoms with E-state index in [4.69, 9.17) is 12.2 Å². The van der Waals surface area contributed by atoms with Crippen molar-refractivity contribution in [1.29, 1.82) is 0 Å². The summed E-state index contributed by atoms with van der Waals surface area (Å²) in [6.45, 7) is 8.83. The molecule has 0 saturated heterocycles. The molecule has 0 aromatic heterocycles. The van der Waals surface area contributed by atoms with Crippen LogP contribution in [0, 0.1) is 0 Å². The van der Waals surface area contributed by atoms with E-state index in [-0.39, 0.29) is 25.1 Å². The highest BCUT2D eigenvalue weighted by molar-refractivity contribution is 7.95. The van der Waals surface area contributed by atoms with Crippen LogP contribution < -0.4 is 5.32 Å². The van der Waals surface area contributed by atoms with Gasteiger partial charge in [-0.15, -0.1) is 0 Å². The van der Waals surface area contributed by atoms with Crippen LogP contribution in [0.1, 0.15) is 52.4 Å². The number of nitrogens with zero attached hydrogens (tertiary/aromatic N) is 1. The van der Waals surface area contributed by atoms with Gasteiger partial charge in [0.05, 0.1) is 25.1 Å². The Morgan fingerprint density at radius 3 is 2.59 bits per heavy atom. The van der Waals surface area contributed by atoms with Crippen LogP contribution >= 0.6 is 24.7 Å². The molecule has 0 spiro atoms. The Morgan fingerprint density at radius 2 is 1.96 bits per heavy atom. The molecule has 0 aromatic rings. The standard InChI is InChI=1S/C18H33BN2O4S2/c1-4-5-12-27-25-18(23)14-21(13-17(22)24-19)16(3)8-6-7-10-20-15(2)9-11-26/h16,20,26H,2,4-14H2,1,3H3. The summed E-state index contributed by atoms with van der Waals surface area (Å²) in [6, 6.07) is 0.0259. The minimum absolute atomic E-state index is 0.0259. The van der Waals surface area contributed by atoms with Crippen molar-refractivity contribution in [3.63, 3.8) is 0 Å². The summed E-state index contributed by atoms with van der Waals surface area (Å²) in [6.07, 6.45) is 5.67. The molecular weight excluding hydrogens is 383 g/mol. The summed E-state index contributed by atoms with van der Waals surface area (Å²) in [5, 5.41) is 3.27. The van der Waals surface area contributed by atoms with Gasteiger partial charge in [0.25, 0.3) is 0 Å². The molecule has 6 nitrogen and oxygen atoms in total. The zero-order chi connectivity index (χ0) is 20.5. The molecule has 27 heavy (non-hydrogen) atoms. The predicted octanol–water partition coefficient (Wildman–Crippen LogP) is 2.89. The third-order valence-corrected chi connectivity index (χ3v) is 4.97. The van der Waals surface area contributed by atoms with Gasteiger partial charge >= 0.3 is 20.0 Å². The van der Waals surface area contributed by atoms with Crippen LogP contribution in [0.2, 0.25) is 0 Å². The Bertz CT molecular complexity index is 442. The first kappa shape index (κ1) is 26.2. The third-order valence-electron chi connectivity index (χ3n) is 3.99. The summed E-state index contributed by atoms with van der Waals surface area (Å²) < 4.78 is 9.41. The number of rotatable bonds is 17. The van der Waals surface area contributed by atoms with Gasteiger partial charge in [-0.2, -0.15) is 12.6 Å². The molecule has 0 aromatic carbocycles. The maximum atomic E-state index is 12.0. The smallest absolute Gasteiger partial charge is 0.378 e. The van der Waals surface area contributed by atoms with Crippen LogP contribution in [-0.2, 0) is 18.4 Å². The first-order valence-corrected chi connectivity index (χ1v) is 11.0. The van der Waals surface area contributed by atoms with Crippen molar-refractivity contribution in [3.8, 4) is 0 Å². The second-order valence-electron chi connectivity index (χ2n) is 6.37. The van der Waals surface area contributed by atoms with Crippen molar-refractivity contribution in [2.24, 2.45) is 0 Å². The molecule has 0 saturated carbocycles. The number of thiol groups is 1. The Hall–Kier alpha value is -0.795. The van der Waals surface area contributed by atoms with Gasteiger partial charge in [-0.1, -0.05) is 26.3 Å². The Kier molecular flexibility index (Phi) is 16.8. The van der Waals surface area contributed by atoms with Crippen LogP contribution in [0.5, 0.6) is 0 Å². The fraction of sp³-hybridized carbons (Fsp3) is 0.778. The molecule has 9 heteroatoms. The average molecular weight is 416 g/mol. The topological polar surface area (TPSA) is 67.9 Å². The van der Waals surface area contributed by atoms with E-state index in [2.05, 4.69) is 36.1 Å². The van der Waals surface area contributed by atoms with Crippen LogP contribution in [0.25, 0.3) is 0 Å². The lowest BCUT2D eigenvalue weighted by Crippen LogP contribution is -2.41. The zero-order valence-electron chi connectivity index (χ0n) is 16.6. The summed E-state index contributed by atoms with van der Waals surface area (Å²) >= 11 is 5.33. The molecule has 2 radical (unpaired) electrons. The maximum Gasteiger partial charge on any atom is 0.378 e. The first-order chi connectivity index (χ1) is 12.9. The van der Waals surface area contributed by atoms with Crippen molar-refractivity contribution in [3.05, 3.63) is 12.3 Å². The minimum Gasteiger partial charge on any atom is -0.542 e. The van der Waals surface area contributed by atoms with Crippen molar-refractivity contribution in [2.45, 2.75) is 58.4 Å². The number of hydrogen-bond donors (Lipinski definition) is 2. The quantitative estimate of drug-likeness (QED) is 0.164. The molecule has 0 rings (SSSR count). The lowest BCUT2D eigenvalue weighted by atomic mass is 10.1. The number of unbranched alkanes of at least 4 members (excludes halogenated alkanes) is 2. The van der Waals surface area contributed by atoms with E-state index in [9.17, 15) is 9.59 Å². The van der Waals surface area contributed by atoms with E-state index in [1.165, 1.54) is 0 Å². The fourth-order valence-electron chi connectivity index (χ4n) is 2.31. The number of allylic oxidation sites excluding steroid dienone is 1. The highest BCUT2D eigenvalue weighted by atomic mass is 32.2. The normalized spacial score (nSPS) is 11.9. The third kappa shape index (κ3) is 14.9. The second kappa shape index (κ2) is 17.3. The van der Waals surface area contributed by atoms with Gasteiger partial charge in [0.1, 0.15) is 0 Å². The summed E-state index contributed by atoms with van der Waals surface area (Å²) in [4.78, 5) is 25.3. The van der Waals surface area contributed by atoms with Crippen molar-refractivity contribution >= 4 is 44.7 Å². The van der Waals surface area contributed by atoms with E-state index in [0.717, 1.165) is 74.3 Å². The Balaban J connectivity index is 4.29. The Labute approximate surface area is 175 Å². The molecule has 0 aliphatic rings. The monoisotopic (exact) mass is 416 g/mol. The van der Waals surface area contributed by atoms with Gasteiger partial charge in [0.2, 0.25) is 0 Å². The SMILES string of the molecule is [B]OC(=O)CN(CC(=O)OSCCCC)C(C)CCCCNC(=C)CCS. The van der Waals surface area contributed by atoms with Gasteiger partial charge in [-0.25, -0.2) is 4.79 Å². The second-order valence-corrected chi connectivity index (χ2v) is 7.63. The molecule has 1 N–H and O–H groups in total. The van der Waals surface area contributed by atoms with Gasteiger partial charge in [0, 0.05) is 24.0 Å². The highest BCUT2D eigenvalue weighted by Crippen LogP contribution is 2.12. The van der Waals surface area contributed by atoms with Crippen molar-refractivity contribution in [1.82, 2.24) is 10.2 Å². The lowest BCUT2D eigenvalue weighted by Gasteiger charge is -2.27. The first-order valence-electron chi connectivity index (χ1n) is 9.42. The number of nitrogens with one attached hydrogen (secondary N) is 1. The molecular formula is C18H33BN2O4S2. The molecule has 0 amide bonds. The van der Waals surface area contributed by atoms with E-state index in [0.29, 0.717) is 0 Å². The summed E-state index contributed by atoms with van der Waals surface area (Å²) in [7, 11) is 4.94. The lowest BCUT2D eigenvalue weighted by molar-refractivity contribution is -0.139. The number of carbonyl (C=O) groups is 2. The minimum atomic E-state index is -0.571. The summed E-state index contributed by atoms with van der Waals surface area (Å²) in [5.74, 6) is 0.617. The molecule has 0 aliphatic carbocycles. The van der Waals surface area contributed by atoms with Crippen LogP contribution in [0.15, 0.2) is 12.3 Å². The summed E-state index contributed by atoms with van der Waals surface area (Å²) in [5.41, 5.74) is 0.994. The van der Waals surface area contributed by atoms with Gasteiger partial charge in [-0.3, -0.25) is 9.69 Å². The molecule has 1 atom stereocenters. The van der Waals surface area contributed by atoms with Crippen LogP contribution in [0.4, 0.5) is 0 Å². The highest BCUT2D eigenvalue weighted by Gasteiger charge is 2.21. The van der Waals surface area contributed by atoms with Crippen LogP contribution in [0.3, 0.4) is 0 Å². The van der Waals surface area contributed by atoms with Gasteiger partial charge < -0.3 is 14.2 Å². The average Bonchev–Trinajstić information content (AvgIpc) is 2.64. The van der Waals surface area contributed by atoms with Gasteiger partial charge in [0.15, 0.2) is 0 Å². The predicted molar refractivity (Wildman–Crippen MR) is 116 cm³/mol. The van der Waals surface area contributed by atoms with Crippen molar-refractivity contribution < 1.29 is 18.4 Å². The van der Waals surface area contributed by atoms with E-state index in [1.54, 1.807) is 4.90 Å². The van der Waals surface area contributed by atoms with Crippen LogP contribution in [-0.4, -0.2) is 62.1 Å². The van der Waals surface area contributed by atoms with E-state index < -0.39 is 5.97 Å². The van der Waals surface area contributed by atoms with E-state index >= 15 is 0 Å². The van der Waals surface area contributed by atoms with E-state index in [1.807, 2.05) is 6.92 Å². The number of carbonyl (C=O) groups excluding carboxylic acids is 2. The molecule has 0 fully saturated rings. The maximum absolute atomic E-state index is 12.0. The molecule has 0 aliphatic heterocycles. The zero-order valence-corrected chi connectivity index (χ0v) is 18.3. The number of hydrogen-bond acceptors (Lipinski definition) is 8. The largest absolute Gasteiger partial charge is 0.542 e. The molecule has 154 valence electrons.